The summed E-state index contributed by atoms with van der Waals surface area (Å²) in [6.07, 6.45) is 4.49. The molecule has 0 bridgehead atoms. The van der Waals surface area contributed by atoms with Crippen LogP contribution in [0, 0.1) is 11.3 Å². The van der Waals surface area contributed by atoms with Crippen LogP contribution in [0.25, 0.3) is 0 Å². The van der Waals surface area contributed by atoms with Gasteiger partial charge in [-0.2, -0.15) is 0 Å². The molecule has 1 atom stereocenters. The summed E-state index contributed by atoms with van der Waals surface area (Å²) in [6, 6.07) is 0.231. The third-order valence-corrected chi connectivity index (χ3v) is 4.46. The Labute approximate surface area is 110 Å². The van der Waals surface area contributed by atoms with Crippen molar-refractivity contribution in [1.29, 1.82) is 0 Å². The fourth-order valence-corrected chi connectivity index (χ4v) is 3.49. The van der Waals surface area contributed by atoms with Gasteiger partial charge in [-0.15, -0.1) is 0 Å². The lowest BCUT2D eigenvalue weighted by Crippen LogP contribution is -2.56. The molecule has 0 spiro atoms. The fraction of sp³-hybridized carbons (Fsp3) is 0.929. The summed E-state index contributed by atoms with van der Waals surface area (Å²) in [7, 11) is 0. The molecule has 0 aromatic heterocycles. The molecule has 1 aliphatic heterocycles. The van der Waals surface area contributed by atoms with Crippen LogP contribution in [0.3, 0.4) is 0 Å². The number of nitrogens with one attached hydrogen (secondary N) is 1. The first kappa shape index (κ1) is 13.8. The van der Waals surface area contributed by atoms with Gasteiger partial charge in [-0.05, 0) is 51.6 Å². The minimum absolute atomic E-state index is 0.176. The molecule has 1 saturated carbocycles. The standard InChI is InChI=1S/C14H27N3O/c1-11-7-14(8-11,10-15)13(18)16-12(2)9-17-5-3-4-6-17/h11-12H,3-10,15H2,1-2H3,(H,16,18). The monoisotopic (exact) mass is 253 g/mol. The highest BCUT2D eigenvalue weighted by Crippen LogP contribution is 2.44. The van der Waals surface area contributed by atoms with Crippen LogP contribution in [0.5, 0.6) is 0 Å². The van der Waals surface area contributed by atoms with Crippen LogP contribution in [-0.4, -0.2) is 43.0 Å². The van der Waals surface area contributed by atoms with Crippen LogP contribution in [0.15, 0.2) is 0 Å². The van der Waals surface area contributed by atoms with Gasteiger partial charge in [0.25, 0.3) is 0 Å². The summed E-state index contributed by atoms with van der Waals surface area (Å²) >= 11 is 0. The lowest BCUT2D eigenvalue weighted by Gasteiger charge is -2.44. The Kier molecular flexibility index (Phi) is 4.28. The maximum absolute atomic E-state index is 12.3. The van der Waals surface area contributed by atoms with E-state index < -0.39 is 0 Å². The molecule has 0 aromatic rings. The van der Waals surface area contributed by atoms with E-state index in [9.17, 15) is 4.79 Å². The maximum Gasteiger partial charge on any atom is 0.227 e. The molecule has 2 rings (SSSR count). The van der Waals surface area contributed by atoms with Crippen LogP contribution >= 0.6 is 0 Å². The number of nitrogens with zero attached hydrogens (tertiary/aromatic N) is 1. The maximum atomic E-state index is 12.3. The van der Waals surface area contributed by atoms with E-state index in [1.807, 2.05) is 0 Å². The molecule has 18 heavy (non-hydrogen) atoms. The van der Waals surface area contributed by atoms with Crippen LogP contribution < -0.4 is 11.1 Å². The minimum Gasteiger partial charge on any atom is -0.352 e. The second kappa shape index (κ2) is 5.57. The topological polar surface area (TPSA) is 58.4 Å². The van der Waals surface area contributed by atoms with Gasteiger partial charge in [-0.1, -0.05) is 6.92 Å². The molecule has 2 fully saturated rings. The van der Waals surface area contributed by atoms with Gasteiger partial charge in [0.1, 0.15) is 0 Å². The molecular formula is C14H27N3O. The minimum atomic E-state index is -0.265. The molecule has 1 saturated heterocycles. The number of amides is 1. The van der Waals surface area contributed by atoms with Crippen molar-refractivity contribution in [3.05, 3.63) is 0 Å². The molecule has 4 nitrogen and oxygen atoms in total. The van der Waals surface area contributed by atoms with Crippen molar-refractivity contribution in [3.8, 4) is 0 Å². The Morgan fingerprint density at radius 1 is 1.44 bits per heavy atom. The van der Waals surface area contributed by atoms with Gasteiger partial charge in [-0.3, -0.25) is 4.79 Å². The Morgan fingerprint density at radius 3 is 2.56 bits per heavy atom. The van der Waals surface area contributed by atoms with E-state index in [0.29, 0.717) is 12.5 Å². The van der Waals surface area contributed by atoms with E-state index in [0.717, 1.165) is 19.4 Å². The first-order valence-corrected chi connectivity index (χ1v) is 7.29. The van der Waals surface area contributed by atoms with Crippen molar-refractivity contribution in [1.82, 2.24) is 10.2 Å². The number of nitrogens with two attached hydrogens (primary N) is 1. The Balaban J connectivity index is 1.79. The van der Waals surface area contributed by atoms with Gasteiger partial charge in [-0.25, -0.2) is 0 Å². The zero-order chi connectivity index (χ0) is 13.2. The smallest absolute Gasteiger partial charge is 0.227 e. The molecular weight excluding hydrogens is 226 g/mol. The van der Waals surface area contributed by atoms with Gasteiger partial charge in [0.05, 0.1) is 5.41 Å². The largest absolute Gasteiger partial charge is 0.352 e. The van der Waals surface area contributed by atoms with Crippen LogP contribution in [0.4, 0.5) is 0 Å². The first-order valence-electron chi connectivity index (χ1n) is 7.29. The predicted molar refractivity (Wildman–Crippen MR) is 73.2 cm³/mol. The van der Waals surface area contributed by atoms with Crippen LogP contribution in [-0.2, 0) is 4.79 Å². The molecule has 2 aliphatic rings. The van der Waals surface area contributed by atoms with Crippen LogP contribution in [0.1, 0.15) is 39.5 Å². The van der Waals surface area contributed by atoms with E-state index in [-0.39, 0.29) is 17.4 Å². The summed E-state index contributed by atoms with van der Waals surface area (Å²) in [6.45, 7) is 8.11. The van der Waals surface area contributed by atoms with E-state index in [2.05, 4.69) is 24.1 Å². The van der Waals surface area contributed by atoms with Gasteiger partial charge in [0, 0.05) is 19.1 Å². The number of hydrogen-bond acceptors (Lipinski definition) is 3. The highest BCUT2D eigenvalue weighted by Gasteiger charge is 2.47. The van der Waals surface area contributed by atoms with E-state index in [1.165, 1.54) is 25.9 Å². The van der Waals surface area contributed by atoms with E-state index in [1.54, 1.807) is 0 Å². The Morgan fingerprint density at radius 2 is 2.06 bits per heavy atom. The average molecular weight is 253 g/mol. The van der Waals surface area contributed by atoms with Gasteiger partial charge < -0.3 is 16.0 Å². The molecule has 0 aromatic carbocycles. The summed E-state index contributed by atoms with van der Waals surface area (Å²) in [5.41, 5.74) is 5.53. The van der Waals surface area contributed by atoms with Gasteiger partial charge in [0.2, 0.25) is 5.91 Å². The Hall–Kier alpha value is -0.610. The number of carbonyl (C=O) groups is 1. The molecule has 104 valence electrons. The zero-order valence-corrected chi connectivity index (χ0v) is 11.7. The van der Waals surface area contributed by atoms with Crippen molar-refractivity contribution in [3.63, 3.8) is 0 Å². The summed E-state index contributed by atoms with van der Waals surface area (Å²) in [5, 5.41) is 3.16. The third-order valence-electron chi connectivity index (χ3n) is 4.46. The van der Waals surface area contributed by atoms with Crippen molar-refractivity contribution in [2.45, 2.75) is 45.6 Å². The Bertz CT molecular complexity index is 293. The number of likely N-dealkylation sites (tertiary alicyclic amines) is 1. The molecule has 3 N–H and O–H groups in total. The lowest BCUT2D eigenvalue weighted by molar-refractivity contribution is -0.138. The van der Waals surface area contributed by atoms with Gasteiger partial charge in [0.15, 0.2) is 0 Å². The number of carbonyl (C=O) groups excluding carboxylic acids is 1. The van der Waals surface area contributed by atoms with Crippen molar-refractivity contribution < 1.29 is 4.79 Å². The SMILES string of the molecule is CC1CC(CN)(C(=O)NC(C)CN2CCCC2)C1. The molecule has 0 radical (unpaired) electrons. The summed E-state index contributed by atoms with van der Waals surface area (Å²) in [4.78, 5) is 14.7. The molecule has 4 heteroatoms. The molecule has 1 heterocycles. The molecule has 1 unspecified atom stereocenters. The highest BCUT2D eigenvalue weighted by molar-refractivity contribution is 5.84. The van der Waals surface area contributed by atoms with Gasteiger partial charge >= 0.3 is 0 Å². The fourth-order valence-electron chi connectivity index (χ4n) is 3.49. The quantitative estimate of drug-likeness (QED) is 0.767. The first-order chi connectivity index (χ1) is 8.55. The van der Waals surface area contributed by atoms with Crippen molar-refractivity contribution >= 4 is 5.91 Å². The number of hydrogen-bond donors (Lipinski definition) is 2. The lowest BCUT2D eigenvalue weighted by atomic mass is 9.62. The van der Waals surface area contributed by atoms with Crippen molar-refractivity contribution in [2.75, 3.05) is 26.2 Å². The normalized spacial score (nSPS) is 34.1. The number of rotatable bonds is 5. The third kappa shape index (κ3) is 2.86. The van der Waals surface area contributed by atoms with Crippen LogP contribution in [0.2, 0.25) is 0 Å². The van der Waals surface area contributed by atoms with Crippen molar-refractivity contribution in [2.24, 2.45) is 17.1 Å². The average Bonchev–Trinajstić information content (AvgIpc) is 2.76. The second-order valence-corrected chi connectivity index (χ2v) is 6.38. The molecule has 1 amide bonds. The highest BCUT2D eigenvalue weighted by atomic mass is 16.2. The predicted octanol–water partition coefficient (Wildman–Crippen LogP) is 0.962. The second-order valence-electron chi connectivity index (χ2n) is 6.38. The van der Waals surface area contributed by atoms with E-state index >= 15 is 0 Å². The van der Waals surface area contributed by atoms with E-state index in [4.69, 9.17) is 5.73 Å². The molecule has 1 aliphatic carbocycles. The summed E-state index contributed by atoms with van der Waals surface area (Å²) in [5.74, 6) is 0.822. The summed E-state index contributed by atoms with van der Waals surface area (Å²) < 4.78 is 0. The zero-order valence-electron chi connectivity index (χ0n) is 11.7.